The van der Waals surface area contributed by atoms with Crippen LogP contribution in [0.5, 0.6) is 11.5 Å². The fourth-order valence-electron chi connectivity index (χ4n) is 1.22. The van der Waals surface area contributed by atoms with E-state index in [9.17, 15) is 4.79 Å². The summed E-state index contributed by atoms with van der Waals surface area (Å²) < 4.78 is 10.3. The number of hydrogen-bond acceptors (Lipinski definition) is 3. The van der Waals surface area contributed by atoms with Gasteiger partial charge in [0.15, 0.2) is 11.5 Å². The molecule has 0 aromatic heterocycles. The van der Waals surface area contributed by atoms with Gasteiger partial charge in [-0.2, -0.15) is 0 Å². The Kier molecular flexibility index (Phi) is 1.92. The second kappa shape index (κ2) is 3.10. The van der Waals surface area contributed by atoms with Gasteiger partial charge in [-0.25, -0.2) is 4.79 Å². The molecule has 2 rings (SSSR count). The number of nitrogens with two attached hydrogens (primary N) is 1. The zero-order valence-electron chi connectivity index (χ0n) is 7.69. The van der Waals surface area contributed by atoms with Gasteiger partial charge in [0, 0.05) is 18.8 Å². The summed E-state index contributed by atoms with van der Waals surface area (Å²) in [6.45, 7) is 0.221. The first kappa shape index (κ1) is 8.68. The van der Waals surface area contributed by atoms with Crippen LogP contribution in [0.1, 0.15) is 0 Å². The zero-order chi connectivity index (χ0) is 10.1. The summed E-state index contributed by atoms with van der Waals surface area (Å²) in [5.74, 6) is 1.32. The molecule has 5 nitrogen and oxygen atoms in total. The quantitative estimate of drug-likeness (QED) is 0.723. The molecule has 14 heavy (non-hydrogen) atoms. The Balaban J connectivity index is 2.33. The molecule has 74 valence electrons. The fraction of sp³-hybridized carbons (Fsp3) is 0.222. The monoisotopic (exact) mass is 194 g/mol. The number of rotatable bonds is 1. The predicted molar refractivity (Wildman–Crippen MR) is 50.6 cm³/mol. The molecule has 0 aliphatic carbocycles. The molecule has 0 atom stereocenters. The van der Waals surface area contributed by atoms with E-state index < -0.39 is 6.03 Å². The number of ether oxygens (including phenoxy) is 2. The highest BCUT2D eigenvalue weighted by atomic mass is 16.7. The molecule has 5 heteroatoms. The summed E-state index contributed by atoms with van der Waals surface area (Å²) >= 11 is 0. The summed E-state index contributed by atoms with van der Waals surface area (Å²) in [5, 5.41) is 0. The maximum atomic E-state index is 10.9. The lowest BCUT2D eigenvalue weighted by Crippen LogP contribution is -2.31. The second-order valence-corrected chi connectivity index (χ2v) is 2.93. The van der Waals surface area contributed by atoms with Gasteiger partial charge in [-0.05, 0) is 12.1 Å². The molecular formula is C9H10N2O3. The molecule has 0 unspecified atom stereocenters. The predicted octanol–water partition coefficient (Wildman–Crippen LogP) is 0.930. The molecule has 1 aliphatic heterocycles. The van der Waals surface area contributed by atoms with Crippen molar-refractivity contribution in [2.45, 2.75) is 0 Å². The first-order valence-corrected chi connectivity index (χ1v) is 4.11. The van der Waals surface area contributed by atoms with Crippen molar-refractivity contribution in [3.8, 4) is 11.5 Å². The molecule has 0 spiro atoms. The number of benzene rings is 1. The molecular weight excluding hydrogens is 184 g/mol. The Morgan fingerprint density at radius 1 is 1.43 bits per heavy atom. The highest BCUT2D eigenvalue weighted by Gasteiger charge is 2.15. The third kappa shape index (κ3) is 1.32. The van der Waals surface area contributed by atoms with E-state index in [0.29, 0.717) is 17.2 Å². The van der Waals surface area contributed by atoms with Crippen LogP contribution in [-0.4, -0.2) is 19.9 Å². The van der Waals surface area contributed by atoms with E-state index in [-0.39, 0.29) is 6.79 Å². The number of carbonyl (C=O) groups excluding carboxylic acids is 1. The van der Waals surface area contributed by atoms with Crippen molar-refractivity contribution in [2.24, 2.45) is 5.73 Å². The van der Waals surface area contributed by atoms with Gasteiger partial charge in [0.25, 0.3) is 0 Å². The third-order valence-corrected chi connectivity index (χ3v) is 2.07. The van der Waals surface area contributed by atoms with Crippen LogP contribution < -0.4 is 20.1 Å². The van der Waals surface area contributed by atoms with E-state index in [1.165, 1.54) is 4.90 Å². The molecule has 1 heterocycles. The largest absolute Gasteiger partial charge is 0.454 e. The number of amides is 2. The van der Waals surface area contributed by atoms with E-state index in [4.69, 9.17) is 15.2 Å². The highest BCUT2D eigenvalue weighted by molar-refractivity contribution is 5.90. The van der Waals surface area contributed by atoms with Gasteiger partial charge in [-0.1, -0.05) is 0 Å². The molecule has 0 bridgehead atoms. The normalized spacial score (nSPS) is 12.6. The molecule has 0 fully saturated rings. The van der Waals surface area contributed by atoms with Gasteiger partial charge in [-0.3, -0.25) is 4.90 Å². The molecule has 2 N–H and O–H groups in total. The van der Waals surface area contributed by atoms with E-state index in [1.54, 1.807) is 25.2 Å². The summed E-state index contributed by atoms with van der Waals surface area (Å²) in [4.78, 5) is 12.2. The van der Waals surface area contributed by atoms with E-state index in [2.05, 4.69) is 0 Å². The third-order valence-electron chi connectivity index (χ3n) is 2.07. The number of nitrogens with zero attached hydrogens (tertiary/aromatic N) is 1. The van der Waals surface area contributed by atoms with Gasteiger partial charge < -0.3 is 15.2 Å². The Labute approximate surface area is 81.0 Å². The lowest BCUT2D eigenvalue weighted by molar-refractivity contribution is 0.174. The number of hydrogen-bond donors (Lipinski definition) is 1. The first-order valence-electron chi connectivity index (χ1n) is 4.11. The second-order valence-electron chi connectivity index (χ2n) is 2.93. The smallest absolute Gasteiger partial charge is 0.318 e. The van der Waals surface area contributed by atoms with Crippen molar-refractivity contribution < 1.29 is 14.3 Å². The fourth-order valence-corrected chi connectivity index (χ4v) is 1.22. The number of primary amides is 1. The van der Waals surface area contributed by atoms with E-state index in [1.807, 2.05) is 0 Å². The molecule has 0 saturated carbocycles. The van der Waals surface area contributed by atoms with Crippen molar-refractivity contribution >= 4 is 11.7 Å². The number of carbonyl (C=O) groups is 1. The minimum absolute atomic E-state index is 0.221. The SMILES string of the molecule is CN(C(N)=O)c1ccc2c(c1)OCO2. The number of fused-ring (bicyclic) bond motifs is 1. The molecule has 0 saturated heterocycles. The standard InChI is InChI=1S/C9H10N2O3/c1-11(9(10)12)6-2-3-7-8(4-6)14-5-13-7/h2-4H,5H2,1H3,(H2,10,12). The van der Waals surface area contributed by atoms with E-state index >= 15 is 0 Å². The number of anilines is 1. The summed E-state index contributed by atoms with van der Waals surface area (Å²) in [5.41, 5.74) is 5.81. The van der Waals surface area contributed by atoms with Crippen molar-refractivity contribution in [2.75, 3.05) is 18.7 Å². The van der Waals surface area contributed by atoms with Crippen LogP contribution >= 0.6 is 0 Å². The molecule has 2 amide bonds. The van der Waals surface area contributed by atoms with Gasteiger partial charge in [0.2, 0.25) is 6.79 Å². The lowest BCUT2D eigenvalue weighted by atomic mass is 10.2. The number of urea groups is 1. The molecule has 0 radical (unpaired) electrons. The first-order chi connectivity index (χ1) is 6.68. The molecule has 1 aromatic carbocycles. The van der Waals surface area contributed by atoms with Crippen LogP contribution in [0.25, 0.3) is 0 Å². The minimum atomic E-state index is -0.510. The van der Waals surface area contributed by atoms with Crippen LogP contribution in [0.15, 0.2) is 18.2 Å². The Hall–Kier alpha value is -1.91. The summed E-state index contributed by atoms with van der Waals surface area (Å²) in [6, 6.07) is 4.70. The van der Waals surface area contributed by atoms with E-state index in [0.717, 1.165) is 0 Å². The summed E-state index contributed by atoms with van der Waals surface area (Å²) in [6.07, 6.45) is 0. The average Bonchev–Trinajstić information content (AvgIpc) is 2.62. The van der Waals surface area contributed by atoms with Crippen molar-refractivity contribution in [3.05, 3.63) is 18.2 Å². The lowest BCUT2D eigenvalue weighted by Gasteiger charge is -2.14. The maximum Gasteiger partial charge on any atom is 0.318 e. The maximum absolute atomic E-state index is 10.9. The van der Waals surface area contributed by atoms with Gasteiger partial charge in [0.05, 0.1) is 0 Å². The van der Waals surface area contributed by atoms with Crippen molar-refractivity contribution in [3.63, 3.8) is 0 Å². The van der Waals surface area contributed by atoms with Gasteiger partial charge in [0.1, 0.15) is 0 Å². The van der Waals surface area contributed by atoms with Crippen LogP contribution in [0.3, 0.4) is 0 Å². The molecule has 1 aliphatic rings. The molecule has 1 aromatic rings. The van der Waals surface area contributed by atoms with Crippen LogP contribution in [0.4, 0.5) is 10.5 Å². The van der Waals surface area contributed by atoms with Crippen LogP contribution in [0, 0.1) is 0 Å². The zero-order valence-corrected chi connectivity index (χ0v) is 7.69. The van der Waals surface area contributed by atoms with Crippen LogP contribution in [0.2, 0.25) is 0 Å². The Morgan fingerprint density at radius 2 is 2.14 bits per heavy atom. The van der Waals surface area contributed by atoms with Crippen molar-refractivity contribution in [1.29, 1.82) is 0 Å². The van der Waals surface area contributed by atoms with Gasteiger partial charge in [-0.15, -0.1) is 0 Å². The Bertz CT molecular complexity index is 378. The minimum Gasteiger partial charge on any atom is -0.454 e. The highest BCUT2D eigenvalue weighted by Crippen LogP contribution is 2.35. The van der Waals surface area contributed by atoms with Crippen molar-refractivity contribution in [1.82, 2.24) is 0 Å². The topological polar surface area (TPSA) is 64.8 Å². The Morgan fingerprint density at radius 3 is 2.86 bits per heavy atom. The summed E-state index contributed by atoms with van der Waals surface area (Å²) in [7, 11) is 1.60. The average molecular weight is 194 g/mol. The van der Waals surface area contributed by atoms with Gasteiger partial charge >= 0.3 is 6.03 Å². The van der Waals surface area contributed by atoms with Crippen LogP contribution in [-0.2, 0) is 0 Å².